The van der Waals surface area contributed by atoms with E-state index in [-0.39, 0.29) is 37.5 Å². The molecule has 0 bridgehead atoms. The molecule has 0 rings (SSSR count). The van der Waals surface area contributed by atoms with Crippen LogP contribution in [0.25, 0.3) is 0 Å². The van der Waals surface area contributed by atoms with Gasteiger partial charge >= 0.3 is 17.9 Å². The van der Waals surface area contributed by atoms with Gasteiger partial charge in [-0.15, -0.1) is 0 Å². The van der Waals surface area contributed by atoms with Gasteiger partial charge in [0.05, 0.1) is 0 Å². The summed E-state index contributed by atoms with van der Waals surface area (Å²) in [5.74, 6) is -0.935. The Hall–Kier alpha value is -2.63. The average Bonchev–Trinajstić information content (AvgIpc) is 3.19. The van der Waals surface area contributed by atoms with E-state index in [1.54, 1.807) is 0 Å². The standard InChI is InChI=1S/C50H88O6/c1-4-7-10-13-16-19-21-23-24-25-26-27-29-31-34-37-40-43-49(52)55-46-47(45-54-48(51)42-39-36-33-30-18-15-12-9-6-3)56-50(53)44-41-38-35-32-28-22-20-17-14-11-8-5-2/h8,11,17,20,23-24,28,32,47H,4-7,9-10,12-16,18-19,21-22,25-27,29-31,33-46H2,1-3H3/b11-8-,20-17-,24-23-,32-28-. The molecule has 0 aliphatic carbocycles. The van der Waals surface area contributed by atoms with Gasteiger partial charge in [0.25, 0.3) is 0 Å². The first-order valence-corrected chi connectivity index (χ1v) is 23.6. The topological polar surface area (TPSA) is 78.9 Å². The van der Waals surface area contributed by atoms with Crippen molar-refractivity contribution in [2.24, 2.45) is 0 Å². The molecule has 0 saturated heterocycles. The maximum atomic E-state index is 12.7. The molecule has 0 N–H and O–H groups in total. The predicted octanol–water partition coefficient (Wildman–Crippen LogP) is 15.1. The Bertz CT molecular complexity index is 996. The molecule has 324 valence electrons. The molecule has 6 nitrogen and oxygen atoms in total. The SMILES string of the molecule is CC/C=C\C/C=C\C/C=C\CCCCC(=O)OC(COC(=O)CCCCCCCCC/C=C\CCCCCCCC)COC(=O)CCCCCCCCCCC. The van der Waals surface area contributed by atoms with Gasteiger partial charge in [0, 0.05) is 19.3 Å². The molecule has 56 heavy (non-hydrogen) atoms. The Balaban J connectivity index is 4.36. The molecule has 1 atom stereocenters. The number of esters is 3. The van der Waals surface area contributed by atoms with Crippen LogP contribution >= 0.6 is 0 Å². The van der Waals surface area contributed by atoms with Gasteiger partial charge in [-0.2, -0.15) is 0 Å². The second-order valence-corrected chi connectivity index (χ2v) is 15.6. The van der Waals surface area contributed by atoms with Crippen molar-refractivity contribution in [3.05, 3.63) is 48.6 Å². The quantitative estimate of drug-likeness (QED) is 0.0265. The monoisotopic (exact) mass is 785 g/mol. The molecule has 0 aliphatic rings. The molecule has 0 radical (unpaired) electrons. The van der Waals surface area contributed by atoms with Gasteiger partial charge in [-0.25, -0.2) is 0 Å². The van der Waals surface area contributed by atoms with Crippen molar-refractivity contribution in [3.8, 4) is 0 Å². The van der Waals surface area contributed by atoms with Gasteiger partial charge in [-0.05, 0) is 77.0 Å². The van der Waals surface area contributed by atoms with E-state index in [1.807, 2.05) is 0 Å². The van der Waals surface area contributed by atoms with Crippen molar-refractivity contribution >= 4 is 17.9 Å². The van der Waals surface area contributed by atoms with Crippen LogP contribution in [0.4, 0.5) is 0 Å². The second-order valence-electron chi connectivity index (χ2n) is 15.6. The molecule has 6 heteroatoms. The molecule has 0 aromatic heterocycles. The van der Waals surface area contributed by atoms with E-state index in [2.05, 4.69) is 69.4 Å². The van der Waals surface area contributed by atoms with Gasteiger partial charge in [0.1, 0.15) is 13.2 Å². The Morgan fingerprint density at radius 1 is 0.375 bits per heavy atom. The number of hydrogen-bond donors (Lipinski definition) is 0. The van der Waals surface area contributed by atoms with Gasteiger partial charge in [-0.3, -0.25) is 14.4 Å². The molecule has 0 aromatic rings. The lowest BCUT2D eigenvalue weighted by Crippen LogP contribution is -2.30. The number of rotatable bonds is 42. The van der Waals surface area contributed by atoms with E-state index in [0.717, 1.165) is 70.6 Å². The highest BCUT2D eigenvalue weighted by Crippen LogP contribution is 2.14. The first kappa shape index (κ1) is 53.4. The summed E-state index contributed by atoms with van der Waals surface area (Å²) in [4.78, 5) is 37.7. The third-order valence-corrected chi connectivity index (χ3v) is 10.1. The zero-order valence-electron chi connectivity index (χ0n) is 36.9. The lowest BCUT2D eigenvalue weighted by molar-refractivity contribution is -0.167. The molecule has 0 heterocycles. The number of hydrogen-bond acceptors (Lipinski definition) is 6. The largest absolute Gasteiger partial charge is 0.462 e. The first-order chi connectivity index (χ1) is 27.5. The van der Waals surface area contributed by atoms with Crippen LogP contribution in [0.5, 0.6) is 0 Å². The van der Waals surface area contributed by atoms with Crippen molar-refractivity contribution in [1.82, 2.24) is 0 Å². The number of allylic oxidation sites excluding steroid dienone is 8. The van der Waals surface area contributed by atoms with Crippen LogP contribution in [0.2, 0.25) is 0 Å². The van der Waals surface area contributed by atoms with Crippen LogP contribution < -0.4 is 0 Å². The van der Waals surface area contributed by atoms with Gasteiger partial charge < -0.3 is 14.2 Å². The minimum Gasteiger partial charge on any atom is -0.462 e. The summed E-state index contributed by atoms with van der Waals surface area (Å²) >= 11 is 0. The predicted molar refractivity (Wildman–Crippen MR) is 238 cm³/mol. The summed E-state index contributed by atoms with van der Waals surface area (Å²) in [6.45, 7) is 6.46. The number of unbranched alkanes of at least 4 members (excludes halogenated alkanes) is 23. The van der Waals surface area contributed by atoms with Gasteiger partial charge in [0.2, 0.25) is 0 Å². The van der Waals surface area contributed by atoms with Crippen LogP contribution in [-0.2, 0) is 28.6 Å². The molecule has 0 fully saturated rings. The maximum Gasteiger partial charge on any atom is 0.306 e. The van der Waals surface area contributed by atoms with E-state index in [1.165, 1.54) is 116 Å². The van der Waals surface area contributed by atoms with Crippen molar-refractivity contribution in [3.63, 3.8) is 0 Å². The molecule has 0 spiro atoms. The molecule has 0 amide bonds. The number of ether oxygens (including phenoxy) is 3. The Morgan fingerprint density at radius 2 is 0.696 bits per heavy atom. The first-order valence-electron chi connectivity index (χ1n) is 23.6. The van der Waals surface area contributed by atoms with Crippen LogP contribution in [0.15, 0.2) is 48.6 Å². The normalized spacial score (nSPS) is 12.4. The fourth-order valence-electron chi connectivity index (χ4n) is 6.51. The maximum absolute atomic E-state index is 12.7. The summed E-state index contributed by atoms with van der Waals surface area (Å²) in [6.07, 6.45) is 52.4. The average molecular weight is 785 g/mol. The Labute approximate surface area is 346 Å². The molecular weight excluding hydrogens is 697 g/mol. The van der Waals surface area contributed by atoms with E-state index < -0.39 is 6.10 Å². The minimum absolute atomic E-state index is 0.0886. The van der Waals surface area contributed by atoms with Crippen LogP contribution in [0.1, 0.15) is 233 Å². The van der Waals surface area contributed by atoms with E-state index in [4.69, 9.17) is 14.2 Å². The summed E-state index contributed by atoms with van der Waals surface area (Å²) in [6, 6.07) is 0. The van der Waals surface area contributed by atoms with Gasteiger partial charge in [0.15, 0.2) is 6.10 Å². The zero-order valence-corrected chi connectivity index (χ0v) is 36.9. The highest BCUT2D eigenvalue weighted by atomic mass is 16.6. The number of carbonyl (C=O) groups excluding carboxylic acids is 3. The fourth-order valence-corrected chi connectivity index (χ4v) is 6.51. The van der Waals surface area contributed by atoms with Crippen LogP contribution in [0, 0.1) is 0 Å². The van der Waals surface area contributed by atoms with Crippen molar-refractivity contribution in [2.75, 3.05) is 13.2 Å². The summed E-state index contributed by atoms with van der Waals surface area (Å²) in [5, 5.41) is 0. The smallest absolute Gasteiger partial charge is 0.306 e. The minimum atomic E-state index is -0.789. The molecule has 0 aromatic carbocycles. The van der Waals surface area contributed by atoms with E-state index in [9.17, 15) is 14.4 Å². The highest BCUT2D eigenvalue weighted by Gasteiger charge is 2.19. The van der Waals surface area contributed by atoms with Crippen LogP contribution in [-0.4, -0.2) is 37.2 Å². The van der Waals surface area contributed by atoms with Crippen molar-refractivity contribution < 1.29 is 28.6 Å². The second kappa shape index (κ2) is 45.1. The Kier molecular flexibility index (Phi) is 43.0. The summed E-state index contributed by atoms with van der Waals surface area (Å²) in [5.41, 5.74) is 0. The number of carbonyl (C=O) groups is 3. The highest BCUT2D eigenvalue weighted by molar-refractivity contribution is 5.71. The molecule has 1 unspecified atom stereocenters. The zero-order chi connectivity index (χ0) is 40.8. The van der Waals surface area contributed by atoms with Crippen molar-refractivity contribution in [2.45, 2.75) is 239 Å². The van der Waals surface area contributed by atoms with Gasteiger partial charge in [-0.1, -0.05) is 185 Å². The van der Waals surface area contributed by atoms with Crippen LogP contribution in [0.3, 0.4) is 0 Å². The fraction of sp³-hybridized carbons (Fsp3) is 0.780. The summed E-state index contributed by atoms with van der Waals surface area (Å²) < 4.78 is 16.7. The molecule has 0 aliphatic heterocycles. The Morgan fingerprint density at radius 3 is 1.14 bits per heavy atom. The lowest BCUT2D eigenvalue weighted by Gasteiger charge is -2.18. The van der Waals surface area contributed by atoms with Crippen molar-refractivity contribution in [1.29, 1.82) is 0 Å². The third kappa shape index (κ3) is 42.5. The molecular formula is C50H88O6. The lowest BCUT2D eigenvalue weighted by atomic mass is 10.1. The van der Waals surface area contributed by atoms with E-state index in [0.29, 0.717) is 19.3 Å². The summed E-state index contributed by atoms with van der Waals surface area (Å²) in [7, 11) is 0. The third-order valence-electron chi connectivity index (χ3n) is 10.1. The van der Waals surface area contributed by atoms with E-state index >= 15 is 0 Å². The molecule has 0 saturated carbocycles.